The Labute approximate surface area is 90.4 Å². The number of rotatable bonds is 3. The zero-order chi connectivity index (χ0) is 11.7. The Morgan fingerprint density at radius 3 is 1.87 bits per heavy atom. The van der Waals surface area contributed by atoms with Gasteiger partial charge in [-0.3, -0.25) is 4.18 Å². The number of nitrogens with zero attached hydrogens (tertiary/aromatic N) is 1. The molecule has 0 atom stereocenters. The third-order valence-corrected chi connectivity index (χ3v) is 4.11. The molecule has 0 saturated carbocycles. The van der Waals surface area contributed by atoms with Crippen molar-refractivity contribution in [3.05, 3.63) is 0 Å². The first-order valence-corrected chi connectivity index (χ1v) is 8.18. The average Bonchev–Trinajstić information content (AvgIpc) is 2.00. The number of sulfonamides is 1. The summed E-state index contributed by atoms with van der Waals surface area (Å²) in [7, 11) is -6.61. The van der Waals surface area contributed by atoms with Crippen molar-refractivity contribution in [3.8, 4) is 0 Å². The van der Waals surface area contributed by atoms with Crippen molar-refractivity contribution in [3.63, 3.8) is 0 Å². The third kappa shape index (κ3) is 4.45. The molecule has 1 aliphatic rings. The predicted octanol–water partition coefficient (Wildman–Crippen LogP) is -0.613. The summed E-state index contributed by atoms with van der Waals surface area (Å²) in [6, 6.07) is 0. The van der Waals surface area contributed by atoms with Gasteiger partial charge in [0.05, 0.1) is 18.6 Å². The van der Waals surface area contributed by atoms with Gasteiger partial charge in [0.2, 0.25) is 10.0 Å². The normalized spacial score (nSPS) is 21.7. The predicted molar refractivity (Wildman–Crippen MR) is 55.4 cm³/mol. The van der Waals surface area contributed by atoms with Crippen molar-refractivity contribution in [2.75, 3.05) is 25.6 Å². The van der Waals surface area contributed by atoms with Crippen LogP contribution in [0.1, 0.15) is 12.8 Å². The van der Waals surface area contributed by atoms with Crippen LogP contribution < -0.4 is 0 Å². The minimum absolute atomic E-state index is 0.318. The molecule has 1 saturated heterocycles. The van der Waals surface area contributed by atoms with E-state index < -0.39 is 26.2 Å². The molecule has 0 spiro atoms. The Hall–Kier alpha value is -0.180. The van der Waals surface area contributed by atoms with Crippen LogP contribution in [-0.4, -0.2) is 52.8 Å². The monoisotopic (exact) mass is 257 g/mol. The van der Waals surface area contributed by atoms with Gasteiger partial charge in [0.15, 0.2) is 0 Å². The molecule has 1 rings (SSSR count). The zero-order valence-electron chi connectivity index (χ0n) is 8.71. The van der Waals surface area contributed by atoms with Gasteiger partial charge in [-0.1, -0.05) is 0 Å². The van der Waals surface area contributed by atoms with Crippen molar-refractivity contribution in [2.45, 2.75) is 18.9 Å². The summed E-state index contributed by atoms with van der Waals surface area (Å²) in [5.41, 5.74) is 0. The van der Waals surface area contributed by atoms with E-state index in [1.54, 1.807) is 0 Å². The highest BCUT2D eigenvalue weighted by Gasteiger charge is 2.27. The van der Waals surface area contributed by atoms with E-state index in [4.69, 9.17) is 4.18 Å². The molecular weight excluding hydrogens is 242 g/mol. The summed E-state index contributed by atoms with van der Waals surface area (Å²) < 4.78 is 50.1. The van der Waals surface area contributed by atoms with Crippen LogP contribution in [0.15, 0.2) is 0 Å². The van der Waals surface area contributed by atoms with Gasteiger partial charge in [0, 0.05) is 13.1 Å². The Bertz CT molecular complexity index is 405. The fourth-order valence-corrected chi connectivity index (χ4v) is 3.07. The van der Waals surface area contributed by atoms with Crippen LogP contribution in [0.3, 0.4) is 0 Å². The smallest absolute Gasteiger partial charge is 0.264 e. The van der Waals surface area contributed by atoms with Crippen LogP contribution in [0.25, 0.3) is 0 Å². The third-order valence-electron chi connectivity index (χ3n) is 2.18. The van der Waals surface area contributed by atoms with Gasteiger partial charge >= 0.3 is 0 Å². The van der Waals surface area contributed by atoms with Crippen LogP contribution >= 0.6 is 0 Å². The van der Waals surface area contributed by atoms with E-state index in [2.05, 4.69) is 0 Å². The second-order valence-electron chi connectivity index (χ2n) is 3.66. The van der Waals surface area contributed by atoms with Crippen molar-refractivity contribution in [1.82, 2.24) is 4.31 Å². The van der Waals surface area contributed by atoms with E-state index in [1.807, 2.05) is 0 Å². The van der Waals surface area contributed by atoms with Crippen molar-refractivity contribution >= 4 is 20.1 Å². The molecule has 0 amide bonds. The zero-order valence-corrected chi connectivity index (χ0v) is 10.3. The van der Waals surface area contributed by atoms with E-state index in [0.717, 1.165) is 12.5 Å². The maximum atomic E-state index is 11.1. The second kappa shape index (κ2) is 4.36. The molecule has 0 aromatic rings. The Balaban J connectivity index is 2.50. The van der Waals surface area contributed by atoms with Gasteiger partial charge < -0.3 is 0 Å². The molecule has 1 heterocycles. The highest BCUT2D eigenvalue weighted by Crippen LogP contribution is 2.17. The molecule has 0 unspecified atom stereocenters. The van der Waals surface area contributed by atoms with Crippen molar-refractivity contribution in [2.24, 2.45) is 0 Å². The fraction of sp³-hybridized carbons (Fsp3) is 1.00. The number of hydrogen-bond acceptors (Lipinski definition) is 5. The fourth-order valence-electron chi connectivity index (χ4n) is 1.51. The molecule has 15 heavy (non-hydrogen) atoms. The Morgan fingerprint density at radius 2 is 1.53 bits per heavy atom. The topological polar surface area (TPSA) is 80.8 Å². The lowest BCUT2D eigenvalue weighted by Crippen LogP contribution is -2.40. The maximum absolute atomic E-state index is 11.1. The summed E-state index contributed by atoms with van der Waals surface area (Å²) >= 11 is 0. The second-order valence-corrected chi connectivity index (χ2v) is 7.24. The minimum Gasteiger partial charge on any atom is -0.267 e. The molecule has 0 bridgehead atoms. The van der Waals surface area contributed by atoms with E-state index in [0.29, 0.717) is 25.9 Å². The molecule has 0 N–H and O–H groups in total. The van der Waals surface area contributed by atoms with Gasteiger partial charge in [-0.25, -0.2) is 12.7 Å². The lowest BCUT2D eigenvalue weighted by molar-refractivity contribution is 0.143. The first-order chi connectivity index (χ1) is 6.68. The molecule has 0 aromatic carbocycles. The lowest BCUT2D eigenvalue weighted by Gasteiger charge is -2.29. The van der Waals surface area contributed by atoms with Gasteiger partial charge in [0.25, 0.3) is 10.1 Å². The minimum atomic E-state index is -3.44. The van der Waals surface area contributed by atoms with Gasteiger partial charge in [-0.05, 0) is 12.8 Å². The summed E-state index contributed by atoms with van der Waals surface area (Å²) in [4.78, 5) is 0. The standard InChI is InChI=1S/C7H15NO5S2/c1-14(9,10)8-5-3-7(4-6-8)13-15(2,11)12/h7H,3-6H2,1-2H3. The van der Waals surface area contributed by atoms with Crippen LogP contribution in [-0.2, 0) is 24.3 Å². The molecule has 1 aliphatic heterocycles. The van der Waals surface area contributed by atoms with E-state index in [-0.39, 0.29) is 0 Å². The van der Waals surface area contributed by atoms with Crippen LogP contribution in [0.5, 0.6) is 0 Å². The van der Waals surface area contributed by atoms with E-state index in [1.165, 1.54) is 4.31 Å². The largest absolute Gasteiger partial charge is 0.267 e. The Morgan fingerprint density at radius 1 is 1.07 bits per heavy atom. The van der Waals surface area contributed by atoms with Crippen molar-refractivity contribution < 1.29 is 21.0 Å². The van der Waals surface area contributed by atoms with Gasteiger partial charge in [-0.2, -0.15) is 8.42 Å². The summed E-state index contributed by atoms with van der Waals surface area (Å²) in [5, 5.41) is 0. The van der Waals surface area contributed by atoms with E-state index >= 15 is 0 Å². The molecule has 0 aromatic heterocycles. The molecule has 0 radical (unpaired) electrons. The number of piperidine rings is 1. The van der Waals surface area contributed by atoms with Gasteiger partial charge in [0.1, 0.15) is 0 Å². The average molecular weight is 257 g/mol. The molecule has 8 heteroatoms. The molecule has 90 valence electrons. The van der Waals surface area contributed by atoms with Crippen LogP contribution in [0, 0.1) is 0 Å². The number of hydrogen-bond donors (Lipinski definition) is 0. The molecule has 6 nitrogen and oxygen atoms in total. The van der Waals surface area contributed by atoms with Crippen LogP contribution in [0.2, 0.25) is 0 Å². The Kier molecular flexibility index (Phi) is 3.75. The van der Waals surface area contributed by atoms with Gasteiger partial charge in [-0.15, -0.1) is 0 Å². The van der Waals surface area contributed by atoms with Crippen LogP contribution in [0.4, 0.5) is 0 Å². The first kappa shape index (κ1) is 12.9. The lowest BCUT2D eigenvalue weighted by atomic mass is 10.1. The summed E-state index contributed by atoms with van der Waals surface area (Å²) in [5.74, 6) is 0. The highest BCUT2D eigenvalue weighted by atomic mass is 32.2. The molecule has 0 aliphatic carbocycles. The van der Waals surface area contributed by atoms with Crippen molar-refractivity contribution in [1.29, 1.82) is 0 Å². The van der Waals surface area contributed by atoms with E-state index in [9.17, 15) is 16.8 Å². The summed E-state index contributed by atoms with van der Waals surface area (Å²) in [6.07, 6.45) is 2.58. The summed E-state index contributed by atoms with van der Waals surface area (Å²) in [6.45, 7) is 0.637. The first-order valence-electron chi connectivity index (χ1n) is 4.52. The quantitative estimate of drug-likeness (QED) is 0.630. The highest BCUT2D eigenvalue weighted by molar-refractivity contribution is 7.88. The molecule has 1 fully saturated rings. The molecular formula is C7H15NO5S2. The SMILES string of the molecule is CS(=O)(=O)OC1CCN(S(C)(=O)=O)CC1. The maximum Gasteiger partial charge on any atom is 0.264 e.